The maximum atomic E-state index is 12.1. The lowest BCUT2D eigenvalue weighted by Crippen LogP contribution is -2.37. The fraction of sp³-hybridized carbons (Fsp3) is 0.375. The molecule has 23 heavy (non-hydrogen) atoms. The van der Waals surface area contributed by atoms with Crippen molar-refractivity contribution in [2.24, 2.45) is 5.92 Å². The molecular weight excluding hydrogens is 357 g/mol. The van der Waals surface area contributed by atoms with Gasteiger partial charge in [0.25, 0.3) is 5.91 Å². The standard InChI is InChI=1S/C16H15Cl2NO3S/c1-8(9-2-3-9)19-13(20)7-22-16(21)15-14(18)11-5-4-10(17)6-12(11)23-15/h4-6,8-9H,2-3,7H2,1H3,(H,19,20)/t8-/m0/s1. The fourth-order valence-electron chi connectivity index (χ4n) is 2.38. The van der Waals surface area contributed by atoms with Gasteiger partial charge in [-0.2, -0.15) is 0 Å². The number of benzene rings is 1. The summed E-state index contributed by atoms with van der Waals surface area (Å²) in [6.45, 7) is 1.66. The predicted octanol–water partition coefficient (Wildman–Crippen LogP) is 4.28. The number of halogens is 2. The molecule has 1 aromatic heterocycles. The predicted molar refractivity (Wildman–Crippen MR) is 92.5 cm³/mol. The Morgan fingerprint density at radius 3 is 2.83 bits per heavy atom. The molecule has 0 unspecified atom stereocenters. The second-order valence-electron chi connectivity index (χ2n) is 5.66. The number of hydrogen-bond acceptors (Lipinski definition) is 4. The molecule has 1 fully saturated rings. The third-order valence-corrected chi connectivity index (χ3v) is 5.70. The van der Waals surface area contributed by atoms with Crippen molar-refractivity contribution in [2.75, 3.05) is 6.61 Å². The average Bonchev–Trinajstić information content (AvgIpc) is 3.30. The molecule has 1 aromatic carbocycles. The van der Waals surface area contributed by atoms with Crippen LogP contribution in [0, 0.1) is 5.92 Å². The number of hydrogen-bond donors (Lipinski definition) is 1. The number of rotatable bonds is 5. The van der Waals surface area contributed by atoms with E-state index in [9.17, 15) is 9.59 Å². The Morgan fingerprint density at radius 1 is 1.39 bits per heavy atom. The first-order chi connectivity index (χ1) is 11.0. The molecule has 1 aliphatic carbocycles. The summed E-state index contributed by atoms with van der Waals surface area (Å²) in [6, 6.07) is 5.34. The Kier molecular flexibility index (Phi) is 4.80. The van der Waals surface area contributed by atoms with E-state index in [1.165, 1.54) is 11.3 Å². The van der Waals surface area contributed by atoms with Crippen molar-refractivity contribution >= 4 is 56.5 Å². The van der Waals surface area contributed by atoms with Crippen molar-refractivity contribution in [3.63, 3.8) is 0 Å². The molecule has 0 saturated heterocycles. The van der Waals surface area contributed by atoms with E-state index in [1.807, 2.05) is 6.92 Å². The Labute approximate surface area is 147 Å². The van der Waals surface area contributed by atoms with Crippen LogP contribution in [0.4, 0.5) is 0 Å². The smallest absolute Gasteiger partial charge is 0.350 e. The van der Waals surface area contributed by atoms with Gasteiger partial charge >= 0.3 is 5.97 Å². The van der Waals surface area contributed by atoms with E-state index in [1.54, 1.807) is 18.2 Å². The van der Waals surface area contributed by atoms with Crippen molar-refractivity contribution in [1.82, 2.24) is 5.32 Å². The van der Waals surface area contributed by atoms with E-state index in [-0.39, 0.29) is 23.4 Å². The van der Waals surface area contributed by atoms with Gasteiger partial charge in [0.2, 0.25) is 0 Å². The zero-order chi connectivity index (χ0) is 16.6. The summed E-state index contributed by atoms with van der Waals surface area (Å²) < 4.78 is 5.88. The number of thiophene rings is 1. The number of esters is 1. The third-order valence-electron chi connectivity index (χ3n) is 3.83. The molecule has 7 heteroatoms. The van der Waals surface area contributed by atoms with Crippen LogP contribution in [0.3, 0.4) is 0 Å². The van der Waals surface area contributed by atoms with Gasteiger partial charge in [0, 0.05) is 21.2 Å². The monoisotopic (exact) mass is 371 g/mol. The highest BCUT2D eigenvalue weighted by Crippen LogP contribution is 2.37. The molecule has 1 amide bonds. The van der Waals surface area contributed by atoms with Gasteiger partial charge in [-0.1, -0.05) is 29.3 Å². The molecule has 1 atom stereocenters. The van der Waals surface area contributed by atoms with Crippen molar-refractivity contribution in [3.8, 4) is 0 Å². The molecule has 122 valence electrons. The first kappa shape index (κ1) is 16.6. The molecular formula is C16H15Cl2NO3S. The summed E-state index contributed by atoms with van der Waals surface area (Å²) in [5.41, 5.74) is 0. The van der Waals surface area contributed by atoms with E-state index in [0.29, 0.717) is 16.0 Å². The Hall–Kier alpha value is -1.30. The fourth-order valence-corrected chi connectivity index (χ4v) is 4.05. The first-order valence-corrected chi connectivity index (χ1v) is 8.87. The minimum atomic E-state index is -0.596. The van der Waals surface area contributed by atoms with Gasteiger partial charge in [-0.3, -0.25) is 4.79 Å². The van der Waals surface area contributed by atoms with Crippen molar-refractivity contribution in [1.29, 1.82) is 0 Å². The Balaban J connectivity index is 1.63. The van der Waals surface area contributed by atoms with Crippen molar-refractivity contribution < 1.29 is 14.3 Å². The number of fused-ring (bicyclic) bond motifs is 1. The Morgan fingerprint density at radius 2 is 2.13 bits per heavy atom. The summed E-state index contributed by atoms with van der Waals surface area (Å²) in [4.78, 5) is 24.2. The molecule has 2 aromatic rings. The molecule has 1 saturated carbocycles. The average molecular weight is 372 g/mol. The van der Waals surface area contributed by atoms with Crippen molar-refractivity contribution in [3.05, 3.63) is 33.1 Å². The van der Waals surface area contributed by atoms with E-state index in [2.05, 4.69) is 5.32 Å². The van der Waals surface area contributed by atoms with E-state index >= 15 is 0 Å². The zero-order valence-corrected chi connectivity index (χ0v) is 14.7. The molecule has 1 heterocycles. The molecule has 3 rings (SSSR count). The summed E-state index contributed by atoms with van der Waals surface area (Å²) in [7, 11) is 0. The number of carbonyl (C=O) groups excluding carboxylic acids is 2. The number of amides is 1. The number of nitrogens with one attached hydrogen (secondary N) is 1. The van der Waals surface area contributed by atoms with Crippen LogP contribution in [0.5, 0.6) is 0 Å². The highest BCUT2D eigenvalue weighted by Gasteiger charge is 2.29. The lowest BCUT2D eigenvalue weighted by Gasteiger charge is -2.12. The minimum absolute atomic E-state index is 0.122. The second kappa shape index (κ2) is 6.67. The molecule has 1 N–H and O–H groups in total. The molecule has 0 radical (unpaired) electrons. The van der Waals surface area contributed by atoms with Gasteiger partial charge in [-0.05, 0) is 37.8 Å². The highest BCUT2D eigenvalue weighted by molar-refractivity contribution is 7.21. The van der Waals surface area contributed by atoms with E-state index < -0.39 is 5.97 Å². The van der Waals surface area contributed by atoms with Crippen LogP contribution in [-0.4, -0.2) is 24.5 Å². The second-order valence-corrected chi connectivity index (χ2v) is 7.52. The maximum absolute atomic E-state index is 12.1. The maximum Gasteiger partial charge on any atom is 0.350 e. The van der Waals surface area contributed by atoms with Crippen LogP contribution in [0.1, 0.15) is 29.4 Å². The summed E-state index contributed by atoms with van der Waals surface area (Å²) in [5.74, 6) is -0.337. The summed E-state index contributed by atoms with van der Waals surface area (Å²) >= 11 is 13.4. The minimum Gasteiger partial charge on any atom is -0.451 e. The normalized spacial score (nSPS) is 15.4. The van der Waals surface area contributed by atoms with Crippen LogP contribution < -0.4 is 5.32 Å². The van der Waals surface area contributed by atoms with Crippen molar-refractivity contribution in [2.45, 2.75) is 25.8 Å². The van der Waals surface area contributed by atoms with Crippen LogP contribution in [0.15, 0.2) is 18.2 Å². The largest absolute Gasteiger partial charge is 0.451 e. The summed E-state index contributed by atoms with van der Waals surface area (Å²) in [6.07, 6.45) is 2.28. The van der Waals surface area contributed by atoms with E-state index in [4.69, 9.17) is 27.9 Å². The van der Waals surface area contributed by atoms with Gasteiger partial charge in [-0.25, -0.2) is 4.79 Å². The first-order valence-electron chi connectivity index (χ1n) is 7.29. The third kappa shape index (κ3) is 3.79. The van der Waals surface area contributed by atoms with Gasteiger partial charge in [-0.15, -0.1) is 11.3 Å². The zero-order valence-electron chi connectivity index (χ0n) is 12.4. The van der Waals surface area contributed by atoms with Gasteiger partial charge in [0.1, 0.15) is 4.88 Å². The molecule has 1 aliphatic rings. The molecule has 0 aliphatic heterocycles. The van der Waals surface area contributed by atoms with Gasteiger partial charge in [0.05, 0.1) is 5.02 Å². The Bertz CT molecular complexity index is 770. The number of ether oxygens (including phenoxy) is 1. The lowest BCUT2D eigenvalue weighted by atomic mass is 10.2. The van der Waals surface area contributed by atoms with Gasteiger partial charge in [0.15, 0.2) is 6.61 Å². The van der Waals surface area contributed by atoms with Crippen LogP contribution >= 0.6 is 34.5 Å². The van der Waals surface area contributed by atoms with E-state index in [0.717, 1.165) is 22.9 Å². The molecule has 0 bridgehead atoms. The quantitative estimate of drug-likeness (QED) is 0.797. The molecule has 0 spiro atoms. The highest BCUT2D eigenvalue weighted by atomic mass is 35.5. The molecule has 4 nitrogen and oxygen atoms in total. The van der Waals surface area contributed by atoms with Gasteiger partial charge < -0.3 is 10.1 Å². The SMILES string of the molecule is C[C@H](NC(=O)COC(=O)c1sc2cc(Cl)ccc2c1Cl)C1CC1. The topological polar surface area (TPSA) is 55.4 Å². The van der Waals surface area contributed by atoms with Crippen LogP contribution in [0.2, 0.25) is 10.0 Å². The van der Waals surface area contributed by atoms with Crippen LogP contribution in [-0.2, 0) is 9.53 Å². The summed E-state index contributed by atoms with van der Waals surface area (Å²) in [5, 5.41) is 4.49. The van der Waals surface area contributed by atoms with Crippen LogP contribution in [0.25, 0.3) is 10.1 Å². The lowest BCUT2D eigenvalue weighted by molar-refractivity contribution is -0.124. The number of carbonyl (C=O) groups is 2.